The first-order valence-corrected chi connectivity index (χ1v) is 7.63. The summed E-state index contributed by atoms with van der Waals surface area (Å²) in [5.41, 5.74) is 0.0483. The number of halogens is 1. The molecule has 0 radical (unpaired) electrons. The molecule has 0 N–H and O–H groups in total. The molecule has 2 saturated heterocycles. The predicted octanol–water partition coefficient (Wildman–Crippen LogP) is 1.50. The quantitative estimate of drug-likeness (QED) is 0.823. The highest BCUT2D eigenvalue weighted by Crippen LogP contribution is 2.42. The Morgan fingerprint density at radius 1 is 1.38 bits per heavy atom. The molecular formula is C15H20FN3O2. The third-order valence-corrected chi connectivity index (χ3v) is 4.85. The molecule has 21 heavy (non-hydrogen) atoms. The summed E-state index contributed by atoms with van der Waals surface area (Å²) < 4.78 is 24.6. The molecule has 3 fully saturated rings. The van der Waals surface area contributed by atoms with Crippen molar-refractivity contribution in [1.29, 1.82) is 0 Å². The van der Waals surface area contributed by atoms with Crippen LogP contribution in [0.3, 0.4) is 0 Å². The van der Waals surface area contributed by atoms with Crippen molar-refractivity contribution in [3.63, 3.8) is 0 Å². The fraction of sp³-hybridized carbons (Fsp3) is 0.733. The lowest BCUT2D eigenvalue weighted by Crippen LogP contribution is -2.36. The first-order valence-electron chi connectivity index (χ1n) is 7.63. The van der Waals surface area contributed by atoms with Crippen LogP contribution in [0.15, 0.2) is 12.4 Å². The fourth-order valence-corrected chi connectivity index (χ4v) is 3.37. The largest absolute Gasteiger partial charge is 0.380 e. The van der Waals surface area contributed by atoms with Gasteiger partial charge in [-0.3, -0.25) is 0 Å². The summed E-state index contributed by atoms with van der Waals surface area (Å²) in [4.78, 5) is 10.3. The summed E-state index contributed by atoms with van der Waals surface area (Å²) >= 11 is 0. The molecule has 6 heteroatoms. The maximum atomic E-state index is 12.9. The summed E-state index contributed by atoms with van der Waals surface area (Å²) in [5, 5.41) is 0. The highest BCUT2D eigenvalue weighted by molar-refractivity contribution is 5.33. The lowest BCUT2D eigenvalue weighted by molar-refractivity contribution is 0.0304. The van der Waals surface area contributed by atoms with Crippen molar-refractivity contribution in [3.8, 4) is 0 Å². The number of anilines is 1. The lowest BCUT2D eigenvalue weighted by Gasteiger charge is -2.26. The average Bonchev–Trinajstić information content (AvgIpc) is 3.10. The van der Waals surface area contributed by atoms with E-state index in [2.05, 4.69) is 14.9 Å². The molecule has 1 aromatic rings. The van der Waals surface area contributed by atoms with E-state index in [1.54, 1.807) is 0 Å². The van der Waals surface area contributed by atoms with Gasteiger partial charge in [-0.05, 0) is 18.8 Å². The highest BCUT2D eigenvalue weighted by atomic mass is 19.1. The van der Waals surface area contributed by atoms with Gasteiger partial charge in [-0.15, -0.1) is 0 Å². The van der Waals surface area contributed by atoms with Gasteiger partial charge < -0.3 is 14.4 Å². The van der Waals surface area contributed by atoms with E-state index < -0.39 is 5.82 Å². The van der Waals surface area contributed by atoms with Crippen molar-refractivity contribution in [2.45, 2.75) is 12.8 Å². The van der Waals surface area contributed by atoms with Crippen molar-refractivity contribution in [1.82, 2.24) is 9.97 Å². The zero-order chi connectivity index (χ0) is 14.3. The van der Waals surface area contributed by atoms with Gasteiger partial charge in [0.25, 0.3) is 0 Å². The molecule has 2 aliphatic heterocycles. The molecule has 4 rings (SSSR count). The first kappa shape index (κ1) is 13.4. The van der Waals surface area contributed by atoms with Crippen LogP contribution in [0.4, 0.5) is 10.3 Å². The Morgan fingerprint density at radius 3 is 2.95 bits per heavy atom. The molecule has 5 nitrogen and oxygen atoms in total. The number of rotatable bonds is 5. The van der Waals surface area contributed by atoms with Crippen LogP contribution >= 0.6 is 0 Å². The minimum atomic E-state index is -0.399. The predicted molar refractivity (Wildman–Crippen MR) is 74.5 cm³/mol. The van der Waals surface area contributed by atoms with Crippen LogP contribution in [0, 0.1) is 23.1 Å². The molecule has 1 saturated carbocycles. The summed E-state index contributed by atoms with van der Waals surface area (Å²) in [6.07, 6.45) is 5.07. The Hall–Kier alpha value is -1.27. The van der Waals surface area contributed by atoms with E-state index in [9.17, 15) is 4.39 Å². The summed E-state index contributed by atoms with van der Waals surface area (Å²) in [6, 6.07) is 0. The third kappa shape index (κ3) is 2.62. The molecule has 0 bridgehead atoms. The van der Waals surface area contributed by atoms with E-state index in [0.717, 1.165) is 45.4 Å². The van der Waals surface area contributed by atoms with Crippen LogP contribution in [0.2, 0.25) is 0 Å². The van der Waals surface area contributed by atoms with Gasteiger partial charge in [0.15, 0.2) is 5.82 Å². The molecule has 0 unspecified atom stereocenters. The molecule has 0 amide bonds. The number of ether oxygens (including phenoxy) is 2. The van der Waals surface area contributed by atoms with E-state index in [1.807, 2.05) is 0 Å². The molecule has 1 aromatic heterocycles. The molecule has 3 heterocycles. The van der Waals surface area contributed by atoms with Crippen LogP contribution in [0.1, 0.15) is 12.8 Å². The molecule has 2 atom stereocenters. The Bertz CT molecular complexity index is 508. The minimum Gasteiger partial charge on any atom is -0.380 e. The monoisotopic (exact) mass is 293 g/mol. The minimum absolute atomic E-state index is 0.0483. The van der Waals surface area contributed by atoms with Crippen molar-refractivity contribution < 1.29 is 13.9 Å². The Balaban J connectivity index is 1.44. The van der Waals surface area contributed by atoms with Crippen LogP contribution in [0.25, 0.3) is 0 Å². The van der Waals surface area contributed by atoms with E-state index in [-0.39, 0.29) is 5.41 Å². The van der Waals surface area contributed by atoms with Crippen molar-refractivity contribution >= 4 is 5.95 Å². The molecule has 0 spiro atoms. The van der Waals surface area contributed by atoms with Crippen LogP contribution in [0.5, 0.6) is 0 Å². The van der Waals surface area contributed by atoms with Crippen LogP contribution in [-0.4, -0.2) is 49.5 Å². The second-order valence-corrected chi connectivity index (χ2v) is 6.61. The topological polar surface area (TPSA) is 47.5 Å². The van der Waals surface area contributed by atoms with Crippen molar-refractivity contribution in [2.75, 3.05) is 44.4 Å². The highest BCUT2D eigenvalue weighted by Gasteiger charge is 2.51. The number of hydrogen-bond acceptors (Lipinski definition) is 5. The Morgan fingerprint density at radius 2 is 2.19 bits per heavy atom. The maximum Gasteiger partial charge on any atom is 0.225 e. The van der Waals surface area contributed by atoms with Gasteiger partial charge in [0, 0.05) is 31.0 Å². The maximum absolute atomic E-state index is 12.9. The second-order valence-electron chi connectivity index (χ2n) is 6.61. The van der Waals surface area contributed by atoms with Gasteiger partial charge in [-0.2, -0.15) is 0 Å². The van der Waals surface area contributed by atoms with Gasteiger partial charge >= 0.3 is 0 Å². The van der Waals surface area contributed by atoms with E-state index in [1.165, 1.54) is 25.2 Å². The number of nitrogens with zero attached hydrogens (tertiary/aromatic N) is 3. The normalized spacial score (nSPS) is 31.7. The van der Waals surface area contributed by atoms with Crippen molar-refractivity contribution in [3.05, 3.63) is 18.2 Å². The van der Waals surface area contributed by atoms with Crippen LogP contribution < -0.4 is 4.90 Å². The zero-order valence-corrected chi connectivity index (χ0v) is 12.0. The molecular weight excluding hydrogens is 273 g/mol. The van der Waals surface area contributed by atoms with Crippen LogP contribution in [-0.2, 0) is 9.47 Å². The molecule has 114 valence electrons. The fourth-order valence-electron chi connectivity index (χ4n) is 3.37. The summed E-state index contributed by atoms with van der Waals surface area (Å²) in [7, 11) is 0. The summed E-state index contributed by atoms with van der Waals surface area (Å²) in [5.74, 6) is 1.43. The lowest BCUT2D eigenvalue weighted by atomic mass is 9.82. The second kappa shape index (κ2) is 5.18. The zero-order valence-electron chi connectivity index (χ0n) is 12.0. The number of aromatic nitrogens is 2. The number of hydrogen-bond donors (Lipinski definition) is 0. The van der Waals surface area contributed by atoms with E-state index in [4.69, 9.17) is 9.47 Å². The molecule has 1 aliphatic carbocycles. The standard InChI is InChI=1S/C15H20FN3O2/c16-13-3-17-14(18-4-13)19-5-12-7-21-10-15(12,8-19)9-20-6-11-1-2-11/h3-4,11-12H,1-2,5-10H2/t12-,15-/m1/s1. The van der Waals surface area contributed by atoms with E-state index in [0.29, 0.717) is 11.9 Å². The van der Waals surface area contributed by atoms with Gasteiger partial charge in [-0.25, -0.2) is 14.4 Å². The van der Waals surface area contributed by atoms with Gasteiger partial charge in [0.05, 0.1) is 32.2 Å². The van der Waals surface area contributed by atoms with Crippen molar-refractivity contribution in [2.24, 2.45) is 17.3 Å². The smallest absolute Gasteiger partial charge is 0.225 e. The average molecular weight is 293 g/mol. The first-order chi connectivity index (χ1) is 10.3. The third-order valence-electron chi connectivity index (χ3n) is 4.85. The Kier molecular flexibility index (Phi) is 3.30. The van der Waals surface area contributed by atoms with E-state index >= 15 is 0 Å². The number of fused-ring (bicyclic) bond motifs is 1. The van der Waals surface area contributed by atoms with Gasteiger partial charge in [0.1, 0.15) is 0 Å². The SMILES string of the molecule is Fc1cnc(N2C[C@@H]3COC[C@]3(COCC3CC3)C2)nc1. The molecule has 3 aliphatic rings. The summed E-state index contributed by atoms with van der Waals surface area (Å²) in [6.45, 7) is 4.81. The van der Waals surface area contributed by atoms with Gasteiger partial charge in [-0.1, -0.05) is 0 Å². The van der Waals surface area contributed by atoms with Gasteiger partial charge in [0.2, 0.25) is 5.95 Å². The molecule has 0 aromatic carbocycles. The Labute approximate surface area is 123 Å².